The van der Waals surface area contributed by atoms with Gasteiger partial charge in [0.25, 0.3) is 0 Å². The van der Waals surface area contributed by atoms with Crippen LogP contribution in [0.3, 0.4) is 0 Å². The first-order valence-electron chi connectivity index (χ1n) is 4.43. The van der Waals surface area contributed by atoms with Gasteiger partial charge < -0.3 is 5.32 Å². The zero-order valence-electron chi connectivity index (χ0n) is 7.88. The average Bonchev–Trinajstić information content (AvgIpc) is 2.31. The van der Waals surface area contributed by atoms with Crippen LogP contribution in [0.25, 0.3) is 0 Å². The number of para-hydroxylation sites is 1. The summed E-state index contributed by atoms with van der Waals surface area (Å²) >= 11 is 0. The van der Waals surface area contributed by atoms with Crippen LogP contribution in [0.1, 0.15) is 5.56 Å². The molecular weight excluding hydrogens is 188 g/mol. The number of nitrogens with one attached hydrogen (secondary N) is 1. The Morgan fingerprint density at radius 3 is 2.53 bits per heavy atom. The van der Waals surface area contributed by atoms with E-state index in [0.29, 0.717) is 11.3 Å². The first-order chi connectivity index (χ1) is 7.40. The molecule has 4 heteroatoms. The van der Waals surface area contributed by atoms with Crippen LogP contribution < -0.4 is 5.32 Å². The van der Waals surface area contributed by atoms with Crippen molar-refractivity contribution in [3.8, 4) is 6.07 Å². The van der Waals surface area contributed by atoms with Crippen LogP contribution in [0.5, 0.6) is 0 Å². The maximum atomic E-state index is 8.84. The third kappa shape index (κ3) is 2.09. The van der Waals surface area contributed by atoms with E-state index in [9.17, 15) is 0 Å². The summed E-state index contributed by atoms with van der Waals surface area (Å²) < 4.78 is 0. The molecule has 0 saturated heterocycles. The van der Waals surface area contributed by atoms with Crippen LogP contribution in [0.4, 0.5) is 11.4 Å². The van der Waals surface area contributed by atoms with Crippen LogP contribution in [-0.2, 0) is 0 Å². The first kappa shape index (κ1) is 9.16. The molecule has 0 spiro atoms. The molecule has 0 bridgehead atoms. The molecule has 4 nitrogen and oxygen atoms in total. The van der Waals surface area contributed by atoms with Gasteiger partial charge in [0, 0.05) is 5.69 Å². The lowest BCUT2D eigenvalue weighted by atomic mass is 10.2. The highest BCUT2D eigenvalue weighted by atomic mass is 15.1. The number of rotatable bonds is 2. The van der Waals surface area contributed by atoms with Crippen molar-refractivity contribution in [3.05, 3.63) is 48.3 Å². The number of nitrogens with zero attached hydrogens (tertiary/aromatic N) is 3. The van der Waals surface area contributed by atoms with Gasteiger partial charge in [0.15, 0.2) is 0 Å². The molecule has 0 radical (unpaired) electrons. The fourth-order valence-electron chi connectivity index (χ4n) is 1.19. The van der Waals surface area contributed by atoms with Crippen molar-refractivity contribution in [2.24, 2.45) is 0 Å². The van der Waals surface area contributed by atoms with Crippen molar-refractivity contribution in [2.45, 2.75) is 0 Å². The Balaban J connectivity index is 2.29. The first-order valence-corrected chi connectivity index (χ1v) is 4.43. The van der Waals surface area contributed by atoms with Gasteiger partial charge in [-0.2, -0.15) is 15.5 Å². The Kier molecular flexibility index (Phi) is 2.56. The summed E-state index contributed by atoms with van der Waals surface area (Å²) in [7, 11) is 0. The molecular formula is C11H8N4. The third-order valence-corrected chi connectivity index (χ3v) is 1.90. The summed E-state index contributed by atoms with van der Waals surface area (Å²) in [5, 5.41) is 19.3. The van der Waals surface area contributed by atoms with E-state index in [-0.39, 0.29) is 0 Å². The topological polar surface area (TPSA) is 61.6 Å². The molecule has 15 heavy (non-hydrogen) atoms. The molecule has 1 N–H and O–H groups in total. The van der Waals surface area contributed by atoms with Gasteiger partial charge in [-0.3, -0.25) is 0 Å². The predicted molar refractivity (Wildman–Crippen MR) is 56.5 cm³/mol. The fraction of sp³-hybridized carbons (Fsp3) is 0. The summed E-state index contributed by atoms with van der Waals surface area (Å²) in [5.41, 5.74) is 2.06. The zero-order valence-corrected chi connectivity index (χ0v) is 7.88. The number of hydrogen-bond donors (Lipinski definition) is 1. The summed E-state index contributed by atoms with van der Waals surface area (Å²) in [6, 6.07) is 11.7. The zero-order chi connectivity index (χ0) is 10.5. The second kappa shape index (κ2) is 4.20. The van der Waals surface area contributed by atoms with Gasteiger partial charge in [-0.05, 0) is 12.1 Å². The highest BCUT2D eigenvalue weighted by Crippen LogP contribution is 2.17. The molecule has 72 valence electrons. The standard InChI is InChI=1S/C11H8N4/c12-6-9-7-13-14-8-11(9)15-10-4-2-1-3-5-10/h1-5,7-8H,(H,13,15). The molecule has 0 aliphatic rings. The van der Waals surface area contributed by atoms with Crippen LogP contribution >= 0.6 is 0 Å². The Hall–Kier alpha value is -2.41. The molecule has 0 atom stereocenters. The van der Waals surface area contributed by atoms with Crippen molar-refractivity contribution >= 4 is 11.4 Å². The Bertz CT molecular complexity index is 487. The van der Waals surface area contributed by atoms with Gasteiger partial charge in [-0.15, -0.1) is 0 Å². The third-order valence-electron chi connectivity index (χ3n) is 1.90. The normalized spacial score (nSPS) is 9.27. The number of nitriles is 1. The van der Waals surface area contributed by atoms with E-state index in [4.69, 9.17) is 5.26 Å². The van der Waals surface area contributed by atoms with Crippen LogP contribution in [0.15, 0.2) is 42.7 Å². The lowest BCUT2D eigenvalue weighted by Gasteiger charge is -2.05. The van der Waals surface area contributed by atoms with Gasteiger partial charge in [0.1, 0.15) is 6.07 Å². The van der Waals surface area contributed by atoms with Gasteiger partial charge in [0.05, 0.1) is 23.6 Å². The van der Waals surface area contributed by atoms with Crippen molar-refractivity contribution < 1.29 is 0 Å². The van der Waals surface area contributed by atoms with E-state index < -0.39 is 0 Å². The lowest BCUT2D eigenvalue weighted by molar-refractivity contribution is 1.03. The van der Waals surface area contributed by atoms with Crippen molar-refractivity contribution in [1.82, 2.24) is 10.2 Å². The van der Waals surface area contributed by atoms with Crippen LogP contribution in [-0.4, -0.2) is 10.2 Å². The maximum Gasteiger partial charge on any atom is 0.103 e. The quantitative estimate of drug-likeness (QED) is 0.798. The van der Waals surface area contributed by atoms with Crippen molar-refractivity contribution in [3.63, 3.8) is 0 Å². The number of aromatic nitrogens is 2. The number of anilines is 2. The molecule has 0 fully saturated rings. The molecule has 2 aromatic rings. The number of benzene rings is 1. The second-order valence-corrected chi connectivity index (χ2v) is 2.92. The van der Waals surface area contributed by atoms with E-state index in [2.05, 4.69) is 21.6 Å². The summed E-state index contributed by atoms with van der Waals surface area (Å²) in [4.78, 5) is 0. The molecule has 0 saturated carbocycles. The Morgan fingerprint density at radius 2 is 1.80 bits per heavy atom. The van der Waals surface area contributed by atoms with E-state index >= 15 is 0 Å². The lowest BCUT2D eigenvalue weighted by Crippen LogP contribution is -1.95. The molecule has 0 amide bonds. The van der Waals surface area contributed by atoms with Crippen molar-refractivity contribution in [2.75, 3.05) is 5.32 Å². The number of hydrogen-bond acceptors (Lipinski definition) is 4. The van der Waals surface area contributed by atoms with E-state index in [1.807, 2.05) is 30.3 Å². The van der Waals surface area contributed by atoms with E-state index in [0.717, 1.165) is 5.69 Å². The van der Waals surface area contributed by atoms with Crippen molar-refractivity contribution in [1.29, 1.82) is 5.26 Å². The molecule has 1 heterocycles. The van der Waals surface area contributed by atoms with Gasteiger partial charge in [0.2, 0.25) is 0 Å². The summed E-state index contributed by atoms with van der Waals surface area (Å²) in [6.07, 6.45) is 2.97. The second-order valence-electron chi connectivity index (χ2n) is 2.92. The van der Waals surface area contributed by atoms with Gasteiger partial charge in [-0.1, -0.05) is 18.2 Å². The van der Waals surface area contributed by atoms with E-state index in [1.165, 1.54) is 12.4 Å². The Morgan fingerprint density at radius 1 is 1.07 bits per heavy atom. The monoisotopic (exact) mass is 196 g/mol. The van der Waals surface area contributed by atoms with Gasteiger partial charge in [-0.25, -0.2) is 0 Å². The fourth-order valence-corrected chi connectivity index (χ4v) is 1.19. The highest BCUT2D eigenvalue weighted by Gasteiger charge is 2.01. The minimum Gasteiger partial charge on any atom is -0.353 e. The largest absolute Gasteiger partial charge is 0.353 e. The Labute approximate surface area is 87.2 Å². The smallest absolute Gasteiger partial charge is 0.103 e. The molecule has 0 unspecified atom stereocenters. The minimum atomic E-state index is 0.480. The van der Waals surface area contributed by atoms with Crippen LogP contribution in [0, 0.1) is 11.3 Å². The summed E-state index contributed by atoms with van der Waals surface area (Å²) in [5.74, 6) is 0. The van der Waals surface area contributed by atoms with Crippen LogP contribution in [0.2, 0.25) is 0 Å². The average molecular weight is 196 g/mol. The predicted octanol–water partition coefficient (Wildman–Crippen LogP) is 2.09. The molecule has 1 aromatic carbocycles. The maximum absolute atomic E-state index is 8.84. The van der Waals surface area contributed by atoms with E-state index in [1.54, 1.807) is 0 Å². The highest BCUT2D eigenvalue weighted by molar-refractivity contribution is 5.64. The molecule has 0 aliphatic carbocycles. The summed E-state index contributed by atoms with van der Waals surface area (Å²) in [6.45, 7) is 0. The molecule has 0 aliphatic heterocycles. The minimum absolute atomic E-state index is 0.480. The van der Waals surface area contributed by atoms with Gasteiger partial charge >= 0.3 is 0 Å². The SMILES string of the molecule is N#Cc1cnncc1Nc1ccccc1. The molecule has 2 rings (SSSR count). The molecule has 1 aromatic heterocycles.